The van der Waals surface area contributed by atoms with Gasteiger partial charge in [-0.15, -0.1) is 10.2 Å². The van der Waals surface area contributed by atoms with Gasteiger partial charge in [0.1, 0.15) is 11.4 Å². The summed E-state index contributed by atoms with van der Waals surface area (Å²) in [7, 11) is 1.48. The number of para-hydroxylation sites is 1. The highest BCUT2D eigenvalue weighted by Crippen LogP contribution is 2.45. The fourth-order valence-corrected chi connectivity index (χ4v) is 6.67. The molecule has 1 aliphatic rings. The number of amides is 1. The highest BCUT2D eigenvalue weighted by Gasteiger charge is 2.47. The zero-order valence-electron chi connectivity index (χ0n) is 22.9. The van der Waals surface area contributed by atoms with Gasteiger partial charge in [-0.05, 0) is 48.4 Å². The molecule has 12 heteroatoms. The number of methoxy groups -OCH3 is 1. The number of aromatic nitrogens is 2. The Morgan fingerprint density at radius 1 is 1.09 bits per heavy atom. The van der Waals surface area contributed by atoms with Gasteiger partial charge in [0, 0.05) is 11.1 Å². The van der Waals surface area contributed by atoms with E-state index in [9.17, 15) is 19.1 Å². The first-order chi connectivity index (χ1) is 20.9. The monoisotopic (exact) mass is 617 g/mol. The molecule has 1 amide bonds. The van der Waals surface area contributed by atoms with Crippen molar-refractivity contribution in [3.05, 3.63) is 107 Å². The normalized spacial score (nSPS) is 15.0. The summed E-state index contributed by atoms with van der Waals surface area (Å²) in [5.74, 6) is -1.40. The standard InChI is InChI=1S/C31H24FN3O6S2/c1-3-40-22-13-12-18(15-23(22)39-2)26-25(27(36)24-14-17-8-5-7-11-21(17)41-24)28(37)29(38)35(26)30-33-34-31(43-30)42-16-19-9-4-6-10-20(19)32/h4-15,26,37H,3,16H2,1-2H3/t26-/m1/s1. The number of fused-ring (bicyclic) bond motifs is 1. The molecule has 218 valence electrons. The van der Waals surface area contributed by atoms with Crippen molar-refractivity contribution in [1.29, 1.82) is 0 Å². The van der Waals surface area contributed by atoms with E-state index in [1.54, 1.807) is 60.7 Å². The van der Waals surface area contributed by atoms with E-state index in [1.807, 2.05) is 13.0 Å². The van der Waals surface area contributed by atoms with Crippen LogP contribution in [0.1, 0.15) is 34.6 Å². The largest absolute Gasteiger partial charge is 0.503 e. The number of hydrogen-bond donors (Lipinski definition) is 1. The van der Waals surface area contributed by atoms with Gasteiger partial charge in [-0.1, -0.05) is 65.6 Å². The third-order valence-corrected chi connectivity index (χ3v) is 8.92. The summed E-state index contributed by atoms with van der Waals surface area (Å²) in [6, 6.07) is 19.1. The molecule has 0 bridgehead atoms. The minimum Gasteiger partial charge on any atom is -0.503 e. The number of carbonyl (C=O) groups is 2. The Kier molecular flexibility index (Phi) is 7.87. The number of ketones is 1. The maximum absolute atomic E-state index is 14.2. The van der Waals surface area contributed by atoms with Crippen LogP contribution in [-0.2, 0) is 10.5 Å². The van der Waals surface area contributed by atoms with E-state index < -0.39 is 23.5 Å². The second-order valence-corrected chi connectivity index (χ2v) is 11.6. The molecule has 0 unspecified atom stereocenters. The lowest BCUT2D eigenvalue weighted by molar-refractivity contribution is -0.117. The van der Waals surface area contributed by atoms with Crippen LogP contribution >= 0.6 is 23.1 Å². The molecule has 1 N–H and O–H groups in total. The number of nitrogens with zero attached hydrogens (tertiary/aromatic N) is 3. The number of aliphatic hydroxyl groups is 1. The number of ether oxygens (including phenoxy) is 2. The highest BCUT2D eigenvalue weighted by molar-refractivity contribution is 8.00. The van der Waals surface area contributed by atoms with E-state index in [0.29, 0.717) is 50.3 Å². The Morgan fingerprint density at radius 2 is 1.88 bits per heavy atom. The van der Waals surface area contributed by atoms with Gasteiger partial charge in [0.05, 0.1) is 25.3 Å². The van der Waals surface area contributed by atoms with Crippen molar-refractivity contribution < 1.29 is 33.0 Å². The van der Waals surface area contributed by atoms with Gasteiger partial charge in [-0.2, -0.15) is 0 Å². The first kappa shape index (κ1) is 28.4. The van der Waals surface area contributed by atoms with Crippen molar-refractivity contribution in [2.45, 2.75) is 23.1 Å². The van der Waals surface area contributed by atoms with Crippen molar-refractivity contribution in [3.8, 4) is 11.5 Å². The lowest BCUT2D eigenvalue weighted by Gasteiger charge is -2.24. The van der Waals surface area contributed by atoms with Gasteiger partial charge in [0.15, 0.2) is 27.4 Å². The molecule has 43 heavy (non-hydrogen) atoms. The average Bonchev–Trinajstić information content (AvgIpc) is 3.73. The molecule has 0 aliphatic carbocycles. The van der Waals surface area contributed by atoms with Crippen LogP contribution in [0.3, 0.4) is 0 Å². The second kappa shape index (κ2) is 11.9. The fourth-order valence-electron chi connectivity index (χ4n) is 4.82. The number of benzene rings is 3. The Balaban J connectivity index is 1.40. The van der Waals surface area contributed by atoms with Crippen molar-refractivity contribution in [3.63, 3.8) is 0 Å². The summed E-state index contributed by atoms with van der Waals surface area (Å²) in [4.78, 5) is 28.8. The topological polar surface area (TPSA) is 115 Å². The van der Waals surface area contributed by atoms with Gasteiger partial charge in [0.25, 0.3) is 5.91 Å². The number of carbonyl (C=O) groups excluding carboxylic acids is 2. The molecule has 1 aliphatic heterocycles. The maximum atomic E-state index is 14.2. The number of Topliss-reactive ketones (excluding diaryl/α,β-unsaturated/α-hetero) is 1. The lowest BCUT2D eigenvalue weighted by atomic mass is 9.95. The van der Waals surface area contributed by atoms with E-state index in [4.69, 9.17) is 13.9 Å². The van der Waals surface area contributed by atoms with Crippen molar-refractivity contribution in [1.82, 2.24) is 10.2 Å². The van der Waals surface area contributed by atoms with Crippen molar-refractivity contribution in [2.75, 3.05) is 18.6 Å². The molecular formula is C31H24FN3O6S2. The van der Waals surface area contributed by atoms with Crippen LogP contribution < -0.4 is 14.4 Å². The third-order valence-electron chi connectivity index (χ3n) is 6.82. The van der Waals surface area contributed by atoms with Gasteiger partial charge in [-0.3, -0.25) is 14.5 Å². The number of halogens is 1. The number of aliphatic hydroxyl groups excluding tert-OH is 1. The zero-order valence-corrected chi connectivity index (χ0v) is 24.6. The van der Waals surface area contributed by atoms with Crippen LogP contribution in [0.15, 0.2) is 92.9 Å². The minimum atomic E-state index is -1.09. The SMILES string of the molecule is CCOc1ccc([C@@H]2C(C(=O)c3cc4ccccc4o3)=C(O)C(=O)N2c2nnc(SCc3ccccc3F)s2)cc1OC. The predicted octanol–water partition coefficient (Wildman–Crippen LogP) is 6.91. The minimum absolute atomic E-state index is 0.0290. The van der Waals surface area contributed by atoms with Gasteiger partial charge in [-0.25, -0.2) is 4.39 Å². The van der Waals surface area contributed by atoms with Crippen LogP contribution in [0.25, 0.3) is 11.0 Å². The van der Waals surface area contributed by atoms with E-state index >= 15 is 0 Å². The first-order valence-electron chi connectivity index (χ1n) is 13.2. The molecule has 0 saturated carbocycles. The van der Waals surface area contributed by atoms with Crippen LogP contribution in [0.4, 0.5) is 9.52 Å². The van der Waals surface area contributed by atoms with E-state index in [2.05, 4.69) is 10.2 Å². The number of hydrogen-bond acceptors (Lipinski definition) is 10. The summed E-state index contributed by atoms with van der Waals surface area (Å²) in [5, 5.41) is 20.4. The molecule has 0 fully saturated rings. The Hall–Kier alpha value is -4.68. The van der Waals surface area contributed by atoms with Gasteiger partial charge >= 0.3 is 0 Å². The lowest BCUT2D eigenvalue weighted by Crippen LogP contribution is -2.31. The smallest absolute Gasteiger partial charge is 0.296 e. The number of anilines is 1. The highest BCUT2D eigenvalue weighted by atomic mass is 32.2. The first-order valence-corrected chi connectivity index (χ1v) is 15.0. The van der Waals surface area contributed by atoms with Gasteiger partial charge in [0.2, 0.25) is 10.9 Å². The van der Waals surface area contributed by atoms with E-state index in [-0.39, 0.29) is 22.3 Å². The van der Waals surface area contributed by atoms with E-state index in [1.165, 1.54) is 29.8 Å². The van der Waals surface area contributed by atoms with Crippen LogP contribution in [-0.4, -0.2) is 40.7 Å². The fraction of sp³-hybridized carbons (Fsp3) is 0.161. The number of thioether (sulfide) groups is 1. The van der Waals surface area contributed by atoms with Crippen LogP contribution in [0.5, 0.6) is 11.5 Å². The summed E-state index contributed by atoms with van der Waals surface area (Å²) in [6.07, 6.45) is 0. The van der Waals surface area contributed by atoms with E-state index in [0.717, 1.165) is 11.3 Å². The quantitative estimate of drug-likeness (QED) is 0.101. The Labute approximate surface area is 253 Å². The summed E-state index contributed by atoms with van der Waals surface area (Å²) in [5.41, 5.74) is 1.28. The Bertz CT molecular complexity index is 1850. The molecule has 0 spiro atoms. The maximum Gasteiger partial charge on any atom is 0.296 e. The molecule has 5 aromatic rings. The Morgan fingerprint density at radius 3 is 2.65 bits per heavy atom. The van der Waals surface area contributed by atoms with Crippen molar-refractivity contribution >= 4 is 50.9 Å². The average molecular weight is 618 g/mol. The predicted molar refractivity (Wildman–Crippen MR) is 160 cm³/mol. The second-order valence-electron chi connectivity index (χ2n) is 9.39. The number of rotatable bonds is 10. The molecule has 3 aromatic carbocycles. The van der Waals surface area contributed by atoms with Crippen LogP contribution in [0.2, 0.25) is 0 Å². The summed E-state index contributed by atoms with van der Waals surface area (Å²) < 4.78 is 31.6. The van der Waals surface area contributed by atoms with Gasteiger partial charge < -0.3 is 19.0 Å². The molecular weight excluding hydrogens is 593 g/mol. The number of furan rings is 1. The molecule has 3 heterocycles. The summed E-state index contributed by atoms with van der Waals surface area (Å²) in [6.45, 7) is 2.24. The summed E-state index contributed by atoms with van der Waals surface area (Å²) >= 11 is 2.35. The molecule has 1 atom stereocenters. The van der Waals surface area contributed by atoms with Crippen LogP contribution in [0, 0.1) is 5.82 Å². The molecule has 2 aromatic heterocycles. The van der Waals surface area contributed by atoms with Crippen molar-refractivity contribution in [2.24, 2.45) is 0 Å². The zero-order chi connectivity index (χ0) is 30.1. The molecule has 6 rings (SSSR count). The molecule has 9 nitrogen and oxygen atoms in total. The third kappa shape index (κ3) is 5.35. The molecule has 0 radical (unpaired) electrons. The molecule has 0 saturated heterocycles.